The zero-order chi connectivity index (χ0) is 33.6. The average Bonchev–Trinajstić information content (AvgIpc) is 3.82. The minimum absolute atomic E-state index is 0.0184. The van der Waals surface area contributed by atoms with E-state index < -0.39 is 17.1 Å². The molecule has 2 aliphatic heterocycles. The number of hydrogen-bond donors (Lipinski definition) is 0. The molecule has 1 aliphatic carbocycles. The number of rotatable bonds is 9. The van der Waals surface area contributed by atoms with Crippen LogP contribution in [-0.2, 0) is 22.6 Å². The van der Waals surface area contributed by atoms with Gasteiger partial charge in [0.05, 0.1) is 23.3 Å². The van der Waals surface area contributed by atoms with E-state index in [4.69, 9.17) is 4.74 Å². The fourth-order valence-corrected chi connectivity index (χ4v) is 7.46. The van der Waals surface area contributed by atoms with Gasteiger partial charge >= 0.3 is 11.7 Å². The van der Waals surface area contributed by atoms with Gasteiger partial charge in [-0.25, -0.2) is 14.0 Å². The van der Waals surface area contributed by atoms with Crippen LogP contribution in [0.1, 0.15) is 74.8 Å². The number of piperidine rings is 1. The number of aromatic nitrogens is 2. The first-order valence-corrected chi connectivity index (χ1v) is 17.1. The van der Waals surface area contributed by atoms with Crippen LogP contribution in [-0.4, -0.2) is 68.3 Å². The molecule has 0 atom stereocenters. The van der Waals surface area contributed by atoms with Gasteiger partial charge in [0, 0.05) is 37.9 Å². The molecule has 48 heavy (non-hydrogen) atoms. The Kier molecular flexibility index (Phi) is 8.39. The van der Waals surface area contributed by atoms with E-state index in [1.165, 1.54) is 12.1 Å². The molecule has 1 spiro atoms. The second-order valence-electron chi connectivity index (χ2n) is 14.5. The number of ether oxygens (including phenoxy) is 1. The number of likely N-dealkylation sites (tertiary alicyclic amines) is 1. The SMILES string of the molecule is CC(C)(C)OC(=O)c1ccccc1CN1CN(c2ccc(F)cc2)C2(CCN(CCCn3c(=O)n(C4CC4)c4ccccc43)CC2)C1=O. The van der Waals surface area contributed by atoms with Crippen molar-refractivity contribution in [3.63, 3.8) is 0 Å². The second kappa shape index (κ2) is 12.5. The minimum Gasteiger partial charge on any atom is -0.456 e. The summed E-state index contributed by atoms with van der Waals surface area (Å²) in [7, 11) is 0. The highest BCUT2D eigenvalue weighted by Crippen LogP contribution is 2.40. The molecule has 0 bridgehead atoms. The van der Waals surface area contributed by atoms with Gasteiger partial charge in [-0.3, -0.25) is 13.9 Å². The quantitative estimate of drug-likeness (QED) is 0.208. The van der Waals surface area contributed by atoms with E-state index in [1.807, 2.05) is 71.2 Å². The van der Waals surface area contributed by atoms with E-state index in [9.17, 15) is 18.8 Å². The molecule has 7 rings (SSSR count). The number of fused-ring (bicyclic) bond motifs is 1. The Morgan fingerprint density at radius 1 is 0.896 bits per heavy atom. The lowest BCUT2D eigenvalue weighted by Gasteiger charge is -2.43. The van der Waals surface area contributed by atoms with Gasteiger partial charge in [-0.1, -0.05) is 30.3 Å². The van der Waals surface area contributed by atoms with E-state index in [0.29, 0.717) is 37.7 Å². The number of nitrogens with zero attached hydrogens (tertiary/aromatic N) is 5. The van der Waals surface area contributed by atoms with Crippen molar-refractivity contribution in [1.29, 1.82) is 0 Å². The lowest BCUT2D eigenvalue weighted by atomic mass is 9.85. The van der Waals surface area contributed by atoms with Gasteiger partial charge in [0.2, 0.25) is 5.91 Å². The smallest absolute Gasteiger partial charge is 0.338 e. The van der Waals surface area contributed by atoms with Crippen LogP contribution in [0.5, 0.6) is 0 Å². The van der Waals surface area contributed by atoms with E-state index in [-0.39, 0.29) is 24.0 Å². The van der Waals surface area contributed by atoms with Crippen LogP contribution >= 0.6 is 0 Å². The summed E-state index contributed by atoms with van der Waals surface area (Å²) >= 11 is 0. The van der Waals surface area contributed by atoms with E-state index in [2.05, 4.69) is 9.80 Å². The van der Waals surface area contributed by atoms with E-state index in [1.54, 1.807) is 24.3 Å². The number of carbonyl (C=O) groups excluding carboxylic acids is 2. The van der Waals surface area contributed by atoms with Gasteiger partial charge in [0.15, 0.2) is 0 Å². The molecular weight excluding hydrogens is 609 g/mol. The molecule has 4 aromatic rings. The van der Waals surface area contributed by atoms with E-state index in [0.717, 1.165) is 61.2 Å². The summed E-state index contributed by atoms with van der Waals surface area (Å²) in [5, 5.41) is 0. The third kappa shape index (κ3) is 6.14. The van der Waals surface area contributed by atoms with E-state index >= 15 is 0 Å². The number of benzene rings is 3. The summed E-state index contributed by atoms with van der Waals surface area (Å²) in [6.07, 6.45) is 4.19. The summed E-state index contributed by atoms with van der Waals surface area (Å²) in [4.78, 5) is 47.2. The zero-order valence-corrected chi connectivity index (χ0v) is 28.0. The molecule has 1 aromatic heterocycles. The number of halogens is 1. The summed E-state index contributed by atoms with van der Waals surface area (Å²) in [6, 6.07) is 22.0. The normalized spacial score (nSPS) is 18.3. The molecule has 0 unspecified atom stereocenters. The number of esters is 1. The molecule has 9 nitrogen and oxygen atoms in total. The summed E-state index contributed by atoms with van der Waals surface area (Å²) < 4.78 is 23.5. The van der Waals surface area contributed by atoms with Crippen molar-refractivity contribution in [3.05, 3.63) is 100 Å². The van der Waals surface area contributed by atoms with Crippen LogP contribution < -0.4 is 10.6 Å². The van der Waals surface area contributed by atoms with Gasteiger partial charge in [0.25, 0.3) is 0 Å². The van der Waals surface area contributed by atoms with Crippen molar-refractivity contribution in [3.8, 4) is 0 Å². The van der Waals surface area contributed by atoms with Gasteiger partial charge < -0.3 is 19.4 Å². The molecule has 10 heteroatoms. The van der Waals surface area contributed by atoms with Crippen LogP contribution in [0, 0.1) is 5.82 Å². The third-order valence-corrected chi connectivity index (χ3v) is 9.97. The molecule has 3 aliphatic rings. The molecule has 1 saturated carbocycles. The first-order chi connectivity index (χ1) is 23.0. The topological polar surface area (TPSA) is 80.0 Å². The summed E-state index contributed by atoms with van der Waals surface area (Å²) in [6.45, 7) is 9.03. The number of hydrogen-bond acceptors (Lipinski definition) is 6. The van der Waals surface area contributed by atoms with Crippen molar-refractivity contribution < 1.29 is 18.7 Å². The van der Waals surface area contributed by atoms with Crippen LogP contribution in [0.4, 0.5) is 10.1 Å². The van der Waals surface area contributed by atoms with Crippen LogP contribution in [0.2, 0.25) is 0 Å². The average molecular weight is 654 g/mol. The standard InChI is InChI=1S/C38H44FN5O4/c1-37(2,3)48-34(45)31-10-5-4-9-27(31)25-41-26-43(29-15-13-28(39)14-16-29)38(35(41)46)19-23-40(24-20-38)21-8-22-42-32-11-6-7-12-33(32)44(36(42)47)30-17-18-30/h4-7,9-16,30H,8,17-26H2,1-3H3. The maximum atomic E-state index is 14.4. The number of aryl methyl sites for hydroxylation is 1. The number of amides is 1. The number of imidazole rings is 1. The summed E-state index contributed by atoms with van der Waals surface area (Å²) in [5.41, 5.74) is 2.65. The first-order valence-electron chi connectivity index (χ1n) is 17.1. The van der Waals surface area contributed by atoms with Crippen LogP contribution in [0.15, 0.2) is 77.6 Å². The Morgan fingerprint density at radius 2 is 1.56 bits per heavy atom. The Balaban J connectivity index is 1.06. The molecule has 0 N–H and O–H groups in total. The second-order valence-corrected chi connectivity index (χ2v) is 14.5. The molecule has 2 saturated heterocycles. The summed E-state index contributed by atoms with van der Waals surface area (Å²) in [5.74, 6) is -0.719. The highest BCUT2D eigenvalue weighted by Gasteiger charge is 2.53. The van der Waals surface area contributed by atoms with Crippen LogP contribution in [0.25, 0.3) is 11.0 Å². The van der Waals surface area contributed by atoms with Gasteiger partial charge in [0.1, 0.15) is 17.0 Å². The van der Waals surface area contributed by atoms with Gasteiger partial charge in [-0.15, -0.1) is 0 Å². The predicted octanol–water partition coefficient (Wildman–Crippen LogP) is 5.96. The maximum Gasteiger partial charge on any atom is 0.338 e. The fraction of sp³-hybridized carbons (Fsp3) is 0.447. The highest BCUT2D eigenvalue weighted by atomic mass is 19.1. The number of anilines is 1. The molecular formula is C38H44FN5O4. The van der Waals surface area contributed by atoms with Crippen molar-refractivity contribution in [2.75, 3.05) is 31.2 Å². The molecule has 3 aromatic carbocycles. The van der Waals surface area contributed by atoms with Crippen molar-refractivity contribution in [2.24, 2.45) is 0 Å². The van der Waals surface area contributed by atoms with Crippen molar-refractivity contribution in [1.82, 2.24) is 18.9 Å². The lowest BCUT2D eigenvalue weighted by molar-refractivity contribution is -0.134. The Hall–Kier alpha value is -4.44. The van der Waals surface area contributed by atoms with Gasteiger partial charge in [-0.05, 0) is 107 Å². The highest BCUT2D eigenvalue weighted by molar-refractivity contribution is 5.95. The Bertz CT molecular complexity index is 1880. The molecule has 252 valence electrons. The fourth-order valence-electron chi connectivity index (χ4n) is 7.46. The maximum absolute atomic E-state index is 14.4. The van der Waals surface area contributed by atoms with Gasteiger partial charge in [-0.2, -0.15) is 0 Å². The third-order valence-electron chi connectivity index (χ3n) is 9.97. The lowest BCUT2D eigenvalue weighted by Crippen LogP contribution is -2.56. The van der Waals surface area contributed by atoms with Crippen molar-refractivity contribution in [2.45, 2.75) is 83.1 Å². The first kappa shape index (κ1) is 32.1. The predicted molar refractivity (Wildman–Crippen MR) is 183 cm³/mol. The molecule has 3 heterocycles. The molecule has 3 fully saturated rings. The molecule has 1 amide bonds. The van der Waals surface area contributed by atoms with Crippen molar-refractivity contribution >= 4 is 28.6 Å². The zero-order valence-electron chi connectivity index (χ0n) is 28.0. The minimum atomic E-state index is -0.774. The number of para-hydroxylation sites is 2. The van der Waals surface area contributed by atoms with Crippen LogP contribution in [0.3, 0.4) is 0 Å². The number of carbonyl (C=O) groups is 2. The Morgan fingerprint density at radius 3 is 2.25 bits per heavy atom. The Labute approximate surface area is 280 Å². The largest absolute Gasteiger partial charge is 0.456 e. The molecule has 0 radical (unpaired) electrons. The monoisotopic (exact) mass is 653 g/mol.